The molecule has 6 nitrogen and oxygen atoms in total. The predicted molar refractivity (Wildman–Crippen MR) is 106 cm³/mol. The number of imidazole rings is 1. The number of aromatic nitrogens is 2. The van der Waals surface area contributed by atoms with Crippen LogP contribution >= 0.6 is 0 Å². The summed E-state index contributed by atoms with van der Waals surface area (Å²) < 4.78 is 27.5. The van der Waals surface area contributed by atoms with Gasteiger partial charge in [0.2, 0.25) is 15.0 Å². The fourth-order valence-electron chi connectivity index (χ4n) is 2.95. The molecule has 0 amide bonds. The highest BCUT2D eigenvalue weighted by molar-refractivity contribution is 7.91. The summed E-state index contributed by atoms with van der Waals surface area (Å²) in [5.41, 5.74) is 0.906. The highest BCUT2D eigenvalue weighted by Crippen LogP contribution is 2.19. The maximum Gasteiger partial charge on any atom is 0.227 e. The SMILES string of the molecule is CCCCn1c(CN(CCO)C(C)C)cnc1S(=O)(=O)CCCC(C)C. The third-order valence-electron chi connectivity index (χ3n) is 4.59. The monoisotopic (exact) mass is 387 g/mol. The summed E-state index contributed by atoms with van der Waals surface area (Å²) in [7, 11) is -3.38. The Hall–Kier alpha value is -0.920. The molecule has 0 bridgehead atoms. The lowest BCUT2D eigenvalue weighted by molar-refractivity contribution is 0.156. The van der Waals surface area contributed by atoms with Gasteiger partial charge in [0.15, 0.2) is 0 Å². The van der Waals surface area contributed by atoms with Crippen LogP contribution in [-0.2, 0) is 22.9 Å². The Morgan fingerprint density at radius 1 is 1.23 bits per heavy atom. The van der Waals surface area contributed by atoms with E-state index in [0.29, 0.717) is 32.0 Å². The Balaban J connectivity index is 3.07. The number of rotatable bonds is 13. The van der Waals surface area contributed by atoms with E-state index in [1.165, 1.54) is 0 Å². The molecule has 0 radical (unpaired) electrons. The molecule has 1 rings (SSSR count). The minimum atomic E-state index is -3.38. The van der Waals surface area contributed by atoms with Gasteiger partial charge >= 0.3 is 0 Å². The molecule has 7 heteroatoms. The molecular weight excluding hydrogens is 350 g/mol. The highest BCUT2D eigenvalue weighted by Gasteiger charge is 2.24. The molecule has 26 heavy (non-hydrogen) atoms. The topological polar surface area (TPSA) is 75.4 Å². The summed E-state index contributed by atoms with van der Waals surface area (Å²) in [6.07, 6.45) is 5.17. The van der Waals surface area contributed by atoms with Crippen LogP contribution in [0.4, 0.5) is 0 Å². The van der Waals surface area contributed by atoms with Crippen LogP contribution in [0.5, 0.6) is 0 Å². The molecule has 0 aromatic carbocycles. The quantitative estimate of drug-likeness (QED) is 0.563. The smallest absolute Gasteiger partial charge is 0.227 e. The lowest BCUT2D eigenvalue weighted by atomic mass is 10.1. The van der Waals surface area contributed by atoms with Crippen LogP contribution < -0.4 is 0 Å². The van der Waals surface area contributed by atoms with Gasteiger partial charge in [0.25, 0.3) is 0 Å². The molecule has 152 valence electrons. The second-order valence-electron chi connectivity index (χ2n) is 7.68. The third kappa shape index (κ3) is 7.00. The summed E-state index contributed by atoms with van der Waals surface area (Å²) >= 11 is 0. The lowest BCUT2D eigenvalue weighted by Crippen LogP contribution is -2.33. The maximum atomic E-state index is 12.8. The van der Waals surface area contributed by atoms with Crippen molar-refractivity contribution in [3.8, 4) is 0 Å². The fraction of sp³-hybridized carbons (Fsp3) is 0.842. The van der Waals surface area contributed by atoms with Crippen molar-refractivity contribution in [2.45, 2.75) is 84.6 Å². The van der Waals surface area contributed by atoms with Crippen molar-refractivity contribution < 1.29 is 13.5 Å². The van der Waals surface area contributed by atoms with Crippen LogP contribution in [-0.4, -0.2) is 52.9 Å². The molecule has 0 spiro atoms. The summed E-state index contributed by atoms with van der Waals surface area (Å²) in [6.45, 7) is 12.4. The minimum absolute atomic E-state index is 0.0850. The Morgan fingerprint density at radius 2 is 1.92 bits per heavy atom. The molecule has 0 aliphatic carbocycles. The molecule has 1 aromatic heterocycles. The molecule has 0 fully saturated rings. The molecule has 1 heterocycles. The number of hydrogen-bond acceptors (Lipinski definition) is 5. The average molecular weight is 388 g/mol. The van der Waals surface area contributed by atoms with Crippen molar-refractivity contribution in [1.29, 1.82) is 0 Å². The van der Waals surface area contributed by atoms with Gasteiger partial charge in [0.05, 0.1) is 24.3 Å². The number of unbranched alkanes of at least 4 members (excludes halogenated alkanes) is 1. The zero-order valence-corrected chi connectivity index (χ0v) is 17.9. The van der Waals surface area contributed by atoms with Crippen LogP contribution in [0.3, 0.4) is 0 Å². The summed E-state index contributed by atoms with van der Waals surface area (Å²) in [5.74, 6) is 0.650. The molecular formula is C19H37N3O3S. The van der Waals surface area contributed by atoms with Crippen LogP contribution in [0.25, 0.3) is 0 Å². The van der Waals surface area contributed by atoms with Crippen LogP contribution in [0.1, 0.15) is 66.0 Å². The van der Waals surface area contributed by atoms with Crippen LogP contribution in [0.2, 0.25) is 0 Å². The Bertz CT molecular complexity index is 624. The zero-order chi connectivity index (χ0) is 19.7. The number of nitrogens with zero attached hydrogens (tertiary/aromatic N) is 3. The van der Waals surface area contributed by atoms with Gasteiger partial charge in [0.1, 0.15) is 0 Å². The van der Waals surface area contributed by atoms with E-state index in [2.05, 4.69) is 44.5 Å². The van der Waals surface area contributed by atoms with Crippen molar-refractivity contribution in [3.05, 3.63) is 11.9 Å². The molecule has 0 atom stereocenters. The van der Waals surface area contributed by atoms with Crippen molar-refractivity contribution in [2.24, 2.45) is 5.92 Å². The first-order valence-corrected chi connectivity index (χ1v) is 11.5. The summed E-state index contributed by atoms with van der Waals surface area (Å²) in [5, 5.41) is 9.50. The van der Waals surface area contributed by atoms with E-state index in [0.717, 1.165) is 25.0 Å². The summed E-state index contributed by atoms with van der Waals surface area (Å²) in [6, 6.07) is 0.266. The van der Waals surface area contributed by atoms with E-state index < -0.39 is 9.84 Å². The predicted octanol–water partition coefficient (Wildman–Crippen LogP) is 3.10. The number of aliphatic hydroxyl groups is 1. The normalized spacial score (nSPS) is 12.7. The number of sulfone groups is 1. The van der Waals surface area contributed by atoms with E-state index in [9.17, 15) is 13.5 Å². The van der Waals surface area contributed by atoms with Gasteiger partial charge in [-0.05, 0) is 39.0 Å². The fourth-order valence-corrected chi connectivity index (χ4v) is 4.44. The molecule has 0 saturated carbocycles. The van der Waals surface area contributed by atoms with E-state index in [-0.39, 0.29) is 23.6 Å². The molecule has 0 saturated heterocycles. The van der Waals surface area contributed by atoms with Gasteiger partial charge in [-0.15, -0.1) is 0 Å². The van der Waals surface area contributed by atoms with E-state index in [4.69, 9.17) is 0 Å². The van der Waals surface area contributed by atoms with E-state index in [1.807, 2.05) is 4.57 Å². The Kier molecular flexibility index (Phi) is 9.82. The number of hydrogen-bond donors (Lipinski definition) is 1. The van der Waals surface area contributed by atoms with Crippen LogP contribution in [0.15, 0.2) is 11.4 Å². The zero-order valence-electron chi connectivity index (χ0n) is 17.1. The summed E-state index contributed by atoms with van der Waals surface area (Å²) in [4.78, 5) is 6.43. The van der Waals surface area contributed by atoms with Crippen molar-refractivity contribution in [3.63, 3.8) is 0 Å². The third-order valence-corrected chi connectivity index (χ3v) is 6.30. The van der Waals surface area contributed by atoms with Gasteiger partial charge in [-0.25, -0.2) is 13.4 Å². The van der Waals surface area contributed by atoms with Gasteiger partial charge in [-0.3, -0.25) is 4.90 Å². The second-order valence-corrected chi connectivity index (χ2v) is 9.68. The van der Waals surface area contributed by atoms with Crippen molar-refractivity contribution in [2.75, 3.05) is 18.9 Å². The molecule has 0 unspecified atom stereocenters. The highest BCUT2D eigenvalue weighted by atomic mass is 32.2. The first-order chi connectivity index (χ1) is 12.2. The average Bonchev–Trinajstić information content (AvgIpc) is 2.95. The molecule has 1 N–H and O–H groups in total. The molecule has 1 aromatic rings. The molecule has 0 aliphatic rings. The second kappa shape index (κ2) is 11.0. The number of aliphatic hydroxyl groups excluding tert-OH is 1. The van der Waals surface area contributed by atoms with Gasteiger partial charge in [0, 0.05) is 25.7 Å². The van der Waals surface area contributed by atoms with Crippen molar-refractivity contribution >= 4 is 9.84 Å². The van der Waals surface area contributed by atoms with E-state index in [1.54, 1.807) is 6.20 Å². The first kappa shape index (κ1) is 23.1. The van der Waals surface area contributed by atoms with Crippen molar-refractivity contribution in [1.82, 2.24) is 14.5 Å². The largest absolute Gasteiger partial charge is 0.395 e. The van der Waals surface area contributed by atoms with E-state index >= 15 is 0 Å². The minimum Gasteiger partial charge on any atom is -0.395 e. The maximum absolute atomic E-state index is 12.8. The van der Waals surface area contributed by atoms with Gasteiger partial charge in [-0.1, -0.05) is 27.2 Å². The standard InChI is InChI=1S/C19H37N3O3S/c1-6-7-10-22-18(15-21(11-12-23)17(4)5)14-20-19(22)26(24,25)13-8-9-16(2)3/h14,16-17,23H,6-13,15H2,1-5H3. The first-order valence-electron chi connectivity index (χ1n) is 9.85. The van der Waals surface area contributed by atoms with Gasteiger partial charge < -0.3 is 9.67 Å². The lowest BCUT2D eigenvalue weighted by Gasteiger charge is -2.26. The van der Waals surface area contributed by atoms with Crippen LogP contribution in [0, 0.1) is 5.92 Å². The van der Waals surface area contributed by atoms with Gasteiger partial charge in [-0.2, -0.15) is 0 Å². The molecule has 0 aliphatic heterocycles. The Morgan fingerprint density at radius 3 is 2.46 bits per heavy atom. The Labute approximate surface area is 159 Å².